The van der Waals surface area contributed by atoms with Gasteiger partial charge in [-0.1, -0.05) is 80.9 Å². The highest BCUT2D eigenvalue weighted by Gasteiger charge is 2.79. The fourth-order valence-electron chi connectivity index (χ4n) is 7.10. The van der Waals surface area contributed by atoms with Gasteiger partial charge in [0.1, 0.15) is 11.6 Å². The molecule has 2 unspecified atom stereocenters. The molecule has 8 nitrogen and oxygen atoms in total. The van der Waals surface area contributed by atoms with Gasteiger partial charge in [-0.05, 0) is 36.8 Å². The lowest BCUT2D eigenvalue weighted by atomic mass is 9.65. The highest BCUT2D eigenvalue weighted by Crippen LogP contribution is 2.65. The van der Waals surface area contributed by atoms with E-state index < -0.39 is 35.1 Å². The zero-order valence-corrected chi connectivity index (χ0v) is 22.8. The molecule has 208 valence electrons. The average Bonchev–Trinajstić information content (AvgIpc) is 3.57. The van der Waals surface area contributed by atoms with E-state index in [1.807, 2.05) is 67.6 Å². The second-order valence-electron chi connectivity index (χ2n) is 11.0. The highest BCUT2D eigenvalue weighted by atomic mass is 16.5. The summed E-state index contributed by atoms with van der Waals surface area (Å²) in [6.45, 7) is 4.52. The fraction of sp³-hybridized carbons (Fsp3) is 0.516. The summed E-state index contributed by atoms with van der Waals surface area (Å²) in [6, 6.07) is 17.2. The van der Waals surface area contributed by atoms with Crippen LogP contribution in [0.15, 0.2) is 60.7 Å². The zero-order chi connectivity index (χ0) is 27.6. The number of carbonyl (C=O) groups excluding carboxylic acids is 3. The van der Waals surface area contributed by atoms with E-state index in [0.29, 0.717) is 32.4 Å². The van der Waals surface area contributed by atoms with Crippen molar-refractivity contribution in [2.75, 3.05) is 13.2 Å². The van der Waals surface area contributed by atoms with Gasteiger partial charge in [0.25, 0.3) is 0 Å². The number of benzene rings is 2. The van der Waals surface area contributed by atoms with E-state index in [0.717, 1.165) is 24.0 Å². The van der Waals surface area contributed by atoms with Crippen LogP contribution in [0.5, 0.6) is 0 Å². The Kier molecular flexibility index (Phi) is 7.78. The van der Waals surface area contributed by atoms with Gasteiger partial charge in [0.15, 0.2) is 0 Å². The maximum atomic E-state index is 14.4. The molecule has 3 N–H and O–H groups in total. The smallest absolute Gasteiger partial charge is 0.245 e. The summed E-state index contributed by atoms with van der Waals surface area (Å²) in [5.41, 5.74) is -0.232. The Labute approximate surface area is 230 Å². The van der Waals surface area contributed by atoms with Crippen LogP contribution in [0, 0.1) is 11.8 Å². The van der Waals surface area contributed by atoms with Crippen molar-refractivity contribution in [3.8, 4) is 0 Å². The normalized spacial score (nSPS) is 29.8. The number of hydrogen-bond donors (Lipinski definition) is 3. The number of unbranched alkanes of at least 4 members (excludes halogenated alkanes) is 1. The SMILES string of the molecule is CCCCNC(=O)C1N([C@H](CO)c2ccccc2)C(=O)[C@@H]2[C@H](C(=O)NCc3ccccc3)[C@]3(CC)CCC12O3. The summed E-state index contributed by atoms with van der Waals surface area (Å²) in [6.07, 6.45) is 3.40. The van der Waals surface area contributed by atoms with Crippen LogP contribution in [0.25, 0.3) is 0 Å². The molecular weight excluding hydrogens is 494 g/mol. The monoisotopic (exact) mass is 533 g/mol. The van der Waals surface area contributed by atoms with Crippen molar-refractivity contribution in [1.82, 2.24) is 15.5 Å². The van der Waals surface area contributed by atoms with E-state index in [1.165, 1.54) is 4.90 Å². The molecule has 3 fully saturated rings. The quantitative estimate of drug-likeness (QED) is 0.385. The third kappa shape index (κ3) is 4.53. The Morgan fingerprint density at radius 1 is 1.03 bits per heavy atom. The minimum absolute atomic E-state index is 0.229. The maximum absolute atomic E-state index is 14.4. The van der Waals surface area contributed by atoms with Crippen LogP contribution < -0.4 is 10.6 Å². The van der Waals surface area contributed by atoms with Crippen molar-refractivity contribution in [2.24, 2.45) is 11.8 Å². The van der Waals surface area contributed by atoms with Crippen molar-refractivity contribution in [3.63, 3.8) is 0 Å². The Morgan fingerprint density at radius 3 is 2.36 bits per heavy atom. The van der Waals surface area contributed by atoms with Crippen molar-refractivity contribution in [2.45, 2.75) is 75.8 Å². The van der Waals surface area contributed by atoms with Crippen molar-refractivity contribution < 1.29 is 24.2 Å². The van der Waals surface area contributed by atoms with Crippen LogP contribution in [0.1, 0.15) is 63.1 Å². The van der Waals surface area contributed by atoms with E-state index >= 15 is 0 Å². The zero-order valence-electron chi connectivity index (χ0n) is 22.8. The molecule has 0 aliphatic carbocycles. The van der Waals surface area contributed by atoms with Gasteiger partial charge in [-0.3, -0.25) is 14.4 Å². The second kappa shape index (κ2) is 11.1. The topological polar surface area (TPSA) is 108 Å². The van der Waals surface area contributed by atoms with Crippen LogP contribution in [-0.4, -0.2) is 58.1 Å². The number of carbonyl (C=O) groups is 3. The molecule has 3 aliphatic rings. The number of amides is 3. The van der Waals surface area contributed by atoms with Gasteiger partial charge < -0.3 is 25.4 Å². The second-order valence-corrected chi connectivity index (χ2v) is 11.0. The average molecular weight is 534 g/mol. The van der Waals surface area contributed by atoms with E-state index in [9.17, 15) is 19.5 Å². The molecule has 3 saturated heterocycles. The molecule has 0 aromatic heterocycles. The van der Waals surface area contributed by atoms with Gasteiger partial charge in [0.2, 0.25) is 17.7 Å². The molecule has 3 amide bonds. The minimum atomic E-state index is -1.12. The Morgan fingerprint density at radius 2 is 1.72 bits per heavy atom. The van der Waals surface area contributed by atoms with Crippen LogP contribution in [0.4, 0.5) is 0 Å². The molecule has 3 aliphatic heterocycles. The van der Waals surface area contributed by atoms with Crippen LogP contribution in [0.3, 0.4) is 0 Å². The van der Waals surface area contributed by atoms with Gasteiger partial charge in [0, 0.05) is 13.1 Å². The number of ether oxygens (including phenoxy) is 1. The summed E-state index contributed by atoms with van der Waals surface area (Å²) < 4.78 is 6.81. The number of aliphatic hydroxyl groups excluding tert-OH is 1. The van der Waals surface area contributed by atoms with Crippen molar-refractivity contribution >= 4 is 17.7 Å². The van der Waals surface area contributed by atoms with Crippen molar-refractivity contribution in [1.29, 1.82) is 0 Å². The lowest BCUT2D eigenvalue weighted by Crippen LogP contribution is -2.56. The van der Waals surface area contributed by atoms with Gasteiger partial charge in [-0.2, -0.15) is 0 Å². The number of nitrogens with one attached hydrogen (secondary N) is 2. The van der Waals surface area contributed by atoms with Crippen molar-refractivity contribution in [3.05, 3.63) is 71.8 Å². The predicted molar refractivity (Wildman–Crippen MR) is 146 cm³/mol. The fourth-order valence-corrected chi connectivity index (χ4v) is 7.10. The molecule has 0 radical (unpaired) electrons. The van der Waals surface area contributed by atoms with E-state index in [1.54, 1.807) is 0 Å². The number of rotatable bonds is 11. The minimum Gasteiger partial charge on any atom is -0.394 e. The largest absolute Gasteiger partial charge is 0.394 e. The highest BCUT2D eigenvalue weighted by molar-refractivity contribution is 5.99. The molecule has 39 heavy (non-hydrogen) atoms. The molecule has 1 spiro atoms. The summed E-state index contributed by atoms with van der Waals surface area (Å²) in [4.78, 5) is 43.6. The van der Waals surface area contributed by atoms with Crippen LogP contribution in [-0.2, 0) is 25.7 Å². The van der Waals surface area contributed by atoms with Crippen LogP contribution in [0.2, 0.25) is 0 Å². The molecule has 3 heterocycles. The summed E-state index contributed by atoms with van der Waals surface area (Å²) >= 11 is 0. The van der Waals surface area contributed by atoms with Gasteiger partial charge in [-0.15, -0.1) is 0 Å². The van der Waals surface area contributed by atoms with Crippen LogP contribution >= 0.6 is 0 Å². The first-order chi connectivity index (χ1) is 18.9. The first-order valence-electron chi connectivity index (χ1n) is 14.2. The molecule has 5 rings (SSSR count). The lowest BCUT2D eigenvalue weighted by molar-refractivity contribution is -0.151. The molecule has 0 saturated carbocycles. The summed E-state index contributed by atoms with van der Waals surface area (Å²) in [5, 5.41) is 16.6. The standard InChI is InChI=1S/C31H39N3O5/c1-3-5-18-32-28(37)26-31-17-16-30(4-2,39-31)24(27(36)33-19-21-12-8-6-9-13-21)25(31)29(38)34(26)23(20-35)22-14-10-7-11-15-22/h6-15,23-26,35H,3-5,16-20H2,1-2H3,(H,32,37)(H,33,36)/t23-,24-,25+,26?,30+,31?/m1/s1. The summed E-state index contributed by atoms with van der Waals surface area (Å²) in [7, 11) is 0. The molecule has 2 aromatic rings. The number of nitrogens with zero attached hydrogens (tertiary/aromatic N) is 1. The molecule has 2 bridgehead atoms. The molecule has 6 atom stereocenters. The molecule has 8 heteroatoms. The number of aliphatic hydroxyl groups is 1. The molecular formula is C31H39N3O5. The maximum Gasteiger partial charge on any atom is 0.245 e. The summed E-state index contributed by atoms with van der Waals surface area (Å²) in [5.74, 6) is -2.34. The predicted octanol–water partition coefficient (Wildman–Crippen LogP) is 3.11. The third-order valence-electron chi connectivity index (χ3n) is 8.98. The Balaban J connectivity index is 1.53. The Bertz CT molecular complexity index is 1190. The first-order valence-corrected chi connectivity index (χ1v) is 14.2. The van der Waals surface area contributed by atoms with E-state index in [4.69, 9.17) is 4.74 Å². The van der Waals surface area contributed by atoms with Gasteiger partial charge in [0.05, 0.1) is 30.1 Å². The number of likely N-dealkylation sites (tertiary alicyclic amines) is 1. The van der Waals surface area contributed by atoms with E-state index in [-0.39, 0.29) is 24.3 Å². The van der Waals surface area contributed by atoms with Gasteiger partial charge in [-0.25, -0.2) is 0 Å². The number of fused-ring (bicyclic) bond motifs is 1. The van der Waals surface area contributed by atoms with Gasteiger partial charge >= 0.3 is 0 Å². The third-order valence-corrected chi connectivity index (χ3v) is 8.98. The number of hydrogen-bond acceptors (Lipinski definition) is 5. The Hall–Kier alpha value is -3.23. The first kappa shape index (κ1) is 27.3. The molecule has 2 aromatic carbocycles. The lowest BCUT2D eigenvalue weighted by Gasteiger charge is -2.37. The van der Waals surface area contributed by atoms with E-state index in [2.05, 4.69) is 17.6 Å².